The van der Waals surface area contributed by atoms with Gasteiger partial charge in [0.25, 0.3) is 0 Å². The van der Waals surface area contributed by atoms with Crippen LogP contribution >= 0.6 is 23.1 Å². The van der Waals surface area contributed by atoms with Gasteiger partial charge in [-0.3, -0.25) is 4.79 Å². The molecule has 0 aliphatic carbocycles. The van der Waals surface area contributed by atoms with Gasteiger partial charge in [0, 0.05) is 10.8 Å². The second-order valence-corrected chi connectivity index (χ2v) is 8.32. The number of aromatic nitrogens is 3. The average Bonchev–Trinajstić information content (AvgIpc) is 3.05. The number of carboxylic acids is 1. The van der Waals surface area contributed by atoms with Gasteiger partial charge in [-0.05, 0) is 13.0 Å². The molecule has 2 aromatic rings. The third-order valence-electron chi connectivity index (χ3n) is 4.56. The number of thioether (sulfide) groups is 1. The summed E-state index contributed by atoms with van der Waals surface area (Å²) < 4.78 is 0.625. The largest absolute Gasteiger partial charge is 1.00 e. The molecule has 1 saturated heterocycles. The van der Waals surface area contributed by atoms with Crippen molar-refractivity contribution in [3.8, 4) is 0 Å². The Balaban J connectivity index is 0.00000196. The molecule has 4 unspecified atom stereocenters. The van der Waals surface area contributed by atoms with E-state index >= 15 is 0 Å². The van der Waals surface area contributed by atoms with Crippen molar-refractivity contribution in [3.05, 3.63) is 22.9 Å². The third kappa shape index (κ3) is 2.88. The Hall–Kier alpha value is -1.04. The van der Waals surface area contributed by atoms with Crippen LogP contribution in [-0.4, -0.2) is 49.2 Å². The van der Waals surface area contributed by atoms with E-state index in [0.717, 1.165) is 0 Å². The van der Waals surface area contributed by atoms with Crippen molar-refractivity contribution in [2.45, 2.75) is 30.3 Å². The Labute approximate surface area is 179 Å². The van der Waals surface area contributed by atoms with Crippen LogP contribution in [0.5, 0.6) is 0 Å². The van der Waals surface area contributed by atoms with Gasteiger partial charge in [0.05, 0.1) is 35.9 Å². The van der Waals surface area contributed by atoms with Gasteiger partial charge in [0.1, 0.15) is 5.52 Å². The zero-order valence-corrected chi connectivity index (χ0v) is 17.9. The topological polar surface area (TPSA) is 119 Å². The fourth-order valence-corrected chi connectivity index (χ4v) is 5.68. The van der Waals surface area contributed by atoms with Crippen molar-refractivity contribution in [2.75, 3.05) is 0 Å². The van der Waals surface area contributed by atoms with Crippen molar-refractivity contribution in [2.24, 2.45) is 11.8 Å². The van der Waals surface area contributed by atoms with Gasteiger partial charge in [0.2, 0.25) is 5.91 Å². The number of rotatable bonds is 4. The molecule has 1 N–H and O–H groups in total. The Morgan fingerprint density at radius 2 is 2.23 bits per heavy atom. The molecule has 0 aromatic carbocycles. The first-order chi connectivity index (χ1) is 11.9. The Kier molecular flexibility index (Phi) is 5.44. The van der Waals surface area contributed by atoms with Crippen LogP contribution in [0.2, 0.25) is 0 Å². The molecule has 4 atom stereocenters. The molecule has 1 amide bonds. The van der Waals surface area contributed by atoms with Crippen LogP contribution in [0.1, 0.15) is 13.8 Å². The number of hydrogen-bond acceptors (Lipinski definition) is 9. The van der Waals surface area contributed by atoms with Crippen LogP contribution in [0.4, 0.5) is 0 Å². The Bertz CT molecular complexity index is 898. The molecule has 2 aliphatic heterocycles. The van der Waals surface area contributed by atoms with Gasteiger partial charge >= 0.3 is 29.6 Å². The molecule has 4 heterocycles. The number of aliphatic hydroxyl groups excluding tert-OH is 1. The molecule has 8 nitrogen and oxygen atoms in total. The van der Waals surface area contributed by atoms with Gasteiger partial charge in [0.15, 0.2) is 9.17 Å². The number of thiazole rings is 1. The number of fused-ring (bicyclic) bond motifs is 2. The van der Waals surface area contributed by atoms with Crippen LogP contribution in [-0.2, 0) is 9.59 Å². The SMILES string of the molecule is CC(O)C1C(=O)N2C(C(=O)[O-])=C(Sc3nc4ccnnc4s3)C(C)C12.[Na+]. The van der Waals surface area contributed by atoms with Gasteiger partial charge in [-0.25, -0.2) is 4.98 Å². The number of carbonyl (C=O) groups is 2. The summed E-state index contributed by atoms with van der Waals surface area (Å²) in [6.07, 6.45) is 0.708. The van der Waals surface area contributed by atoms with Crippen LogP contribution in [0, 0.1) is 11.8 Å². The minimum atomic E-state index is -1.39. The fraction of sp³-hybridized carbons (Fsp3) is 0.400. The van der Waals surface area contributed by atoms with Gasteiger partial charge in [-0.1, -0.05) is 30.0 Å². The maximum atomic E-state index is 12.3. The van der Waals surface area contributed by atoms with Crippen molar-refractivity contribution in [3.63, 3.8) is 0 Å². The summed E-state index contributed by atoms with van der Waals surface area (Å²) in [6, 6.07) is 1.37. The van der Waals surface area contributed by atoms with Gasteiger partial charge < -0.3 is 19.9 Å². The first-order valence-corrected chi connectivity index (χ1v) is 9.26. The second kappa shape index (κ2) is 7.17. The molecule has 2 aromatic heterocycles. The number of nitrogens with zero attached hydrogens (tertiary/aromatic N) is 4. The van der Waals surface area contributed by atoms with E-state index in [1.165, 1.54) is 28.0 Å². The minimum Gasteiger partial charge on any atom is -0.543 e. The zero-order chi connectivity index (χ0) is 17.9. The van der Waals surface area contributed by atoms with Crippen LogP contribution < -0.4 is 34.7 Å². The smallest absolute Gasteiger partial charge is 0.543 e. The molecule has 26 heavy (non-hydrogen) atoms. The molecule has 11 heteroatoms. The van der Waals surface area contributed by atoms with E-state index in [4.69, 9.17) is 0 Å². The van der Waals surface area contributed by atoms with E-state index in [9.17, 15) is 19.8 Å². The van der Waals surface area contributed by atoms with Crippen LogP contribution in [0.25, 0.3) is 10.3 Å². The average molecular weight is 400 g/mol. The molecule has 0 bridgehead atoms. The first-order valence-electron chi connectivity index (χ1n) is 7.63. The maximum Gasteiger partial charge on any atom is 1.00 e. The van der Waals surface area contributed by atoms with Crippen molar-refractivity contribution < 1.29 is 49.4 Å². The molecule has 4 rings (SSSR count). The summed E-state index contributed by atoms with van der Waals surface area (Å²) in [4.78, 5) is 30.8. The second-order valence-electron chi connectivity index (χ2n) is 6.06. The number of carbonyl (C=O) groups excluding carboxylic acids is 2. The predicted octanol–water partition coefficient (Wildman–Crippen LogP) is -3.00. The van der Waals surface area contributed by atoms with Gasteiger partial charge in [-0.15, -0.1) is 5.10 Å². The molecule has 0 spiro atoms. The standard InChI is InChI=1S/C15H14N4O4S2.Na/c1-5-9-8(6(2)20)13(21)19(9)10(14(22)23)11(5)24-15-17-7-3-4-16-18-12(7)25-15;/h3-6,8-9,20H,1-2H3,(H,22,23);/q;+1/p-1. The maximum absolute atomic E-state index is 12.3. The number of aliphatic hydroxyl groups is 1. The molecular weight excluding hydrogens is 387 g/mol. The number of aliphatic carboxylic acids is 1. The molecule has 130 valence electrons. The quantitative estimate of drug-likeness (QED) is 0.426. The molecular formula is C15H13N4NaO4S2. The normalized spacial score (nSPS) is 25.7. The van der Waals surface area contributed by atoms with Crippen molar-refractivity contribution in [1.29, 1.82) is 0 Å². The summed E-state index contributed by atoms with van der Waals surface area (Å²) in [5.41, 5.74) is 0.569. The summed E-state index contributed by atoms with van der Waals surface area (Å²) in [5.74, 6) is -2.59. The van der Waals surface area contributed by atoms with E-state index in [2.05, 4.69) is 15.2 Å². The molecule has 2 aliphatic rings. The fourth-order valence-electron chi connectivity index (χ4n) is 3.46. The van der Waals surface area contributed by atoms with Crippen LogP contribution in [0.15, 0.2) is 27.2 Å². The third-order valence-corrected chi connectivity index (χ3v) is 6.86. The minimum absolute atomic E-state index is 0. The van der Waals surface area contributed by atoms with E-state index in [1.807, 2.05) is 6.92 Å². The summed E-state index contributed by atoms with van der Waals surface area (Å²) in [5, 5.41) is 29.3. The van der Waals surface area contributed by atoms with E-state index in [-0.39, 0.29) is 53.1 Å². The van der Waals surface area contributed by atoms with Crippen LogP contribution in [0.3, 0.4) is 0 Å². The van der Waals surface area contributed by atoms with Crippen molar-refractivity contribution >= 4 is 45.3 Å². The summed E-state index contributed by atoms with van der Waals surface area (Å²) in [6.45, 7) is 3.40. The van der Waals surface area contributed by atoms with Gasteiger partial charge in [-0.2, -0.15) is 5.10 Å². The van der Waals surface area contributed by atoms with E-state index in [1.54, 1.807) is 19.2 Å². The van der Waals surface area contributed by atoms with E-state index in [0.29, 0.717) is 19.6 Å². The van der Waals surface area contributed by atoms with E-state index < -0.39 is 18.0 Å². The first kappa shape index (κ1) is 19.7. The molecule has 0 radical (unpaired) electrons. The summed E-state index contributed by atoms with van der Waals surface area (Å²) in [7, 11) is 0. The zero-order valence-electron chi connectivity index (χ0n) is 14.2. The number of carboxylic acid groups (broad SMARTS) is 1. The number of hydrogen-bond donors (Lipinski definition) is 1. The van der Waals surface area contributed by atoms with Crippen molar-refractivity contribution in [1.82, 2.24) is 20.1 Å². The Morgan fingerprint density at radius 1 is 1.50 bits per heavy atom. The number of β-lactam (4-membered cyclic amide) rings is 1. The molecule has 0 saturated carbocycles. The monoisotopic (exact) mass is 400 g/mol. The number of amides is 1. The Morgan fingerprint density at radius 3 is 2.85 bits per heavy atom. The molecule has 1 fully saturated rings. The predicted molar refractivity (Wildman–Crippen MR) is 88.1 cm³/mol. The summed E-state index contributed by atoms with van der Waals surface area (Å²) >= 11 is 2.52.